The van der Waals surface area contributed by atoms with E-state index >= 15 is 0 Å². The molecule has 1 atom stereocenters. The standard InChI is InChI=1S/C33H37N3O8/c1-6-20-21-14-19(42-31(40)44-32(3,4)5)8-9-25(21)35-27-22(20)16-36-26(27)15-24-23(28(36)37)17-41-30(39)33(24,7-2)43-29(38)18-10-12-34-13-11-18/h8-9,14-15,18,34H,6-7,10-13,16-17H2,1-5H3. The number of cyclic esters (lactones) is 1. The third-order valence-electron chi connectivity index (χ3n) is 8.64. The first-order chi connectivity index (χ1) is 21.0. The van der Waals surface area contributed by atoms with Gasteiger partial charge in [0.2, 0.25) is 5.60 Å². The van der Waals surface area contributed by atoms with Crippen molar-refractivity contribution >= 4 is 29.0 Å². The third-order valence-corrected chi connectivity index (χ3v) is 8.64. The average molecular weight is 604 g/mol. The van der Waals surface area contributed by atoms with Crippen LogP contribution in [0.5, 0.6) is 5.75 Å². The predicted octanol–water partition coefficient (Wildman–Crippen LogP) is 4.51. The number of nitrogens with one attached hydrogen (secondary N) is 1. The molecule has 0 aliphatic carbocycles. The number of piperidine rings is 1. The van der Waals surface area contributed by atoms with Crippen LogP contribution in [0.2, 0.25) is 0 Å². The fraction of sp³-hybridized carbons (Fsp3) is 0.485. The first-order valence-corrected chi connectivity index (χ1v) is 15.2. The maximum atomic E-state index is 14.0. The van der Waals surface area contributed by atoms with E-state index in [4.69, 9.17) is 23.9 Å². The lowest BCUT2D eigenvalue weighted by atomic mass is 9.85. The van der Waals surface area contributed by atoms with Gasteiger partial charge in [0, 0.05) is 16.5 Å². The van der Waals surface area contributed by atoms with Gasteiger partial charge < -0.3 is 28.8 Å². The van der Waals surface area contributed by atoms with Crippen LogP contribution in [0.4, 0.5) is 4.79 Å². The number of hydrogen-bond acceptors (Lipinski definition) is 10. The Balaban J connectivity index is 1.43. The number of rotatable bonds is 5. The number of hydrogen-bond donors (Lipinski definition) is 1. The molecule has 0 bridgehead atoms. The molecule has 0 radical (unpaired) electrons. The lowest BCUT2D eigenvalue weighted by Crippen LogP contribution is -2.48. The highest BCUT2D eigenvalue weighted by Gasteiger charge is 2.51. The van der Waals surface area contributed by atoms with Crippen LogP contribution in [0.1, 0.15) is 76.1 Å². The summed E-state index contributed by atoms with van der Waals surface area (Å²) in [7, 11) is 0. The van der Waals surface area contributed by atoms with Crippen molar-refractivity contribution in [3.63, 3.8) is 0 Å². The lowest BCUT2D eigenvalue weighted by Gasteiger charge is -2.37. The molecule has 11 nitrogen and oxygen atoms in total. The summed E-state index contributed by atoms with van der Waals surface area (Å²) in [5, 5.41) is 4.03. The van der Waals surface area contributed by atoms with Gasteiger partial charge in [-0.3, -0.25) is 9.59 Å². The molecule has 1 aromatic carbocycles. The van der Waals surface area contributed by atoms with Crippen LogP contribution >= 0.6 is 0 Å². The summed E-state index contributed by atoms with van der Waals surface area (Å²) in [6, 6.07) is 6.96. The third kappa shape index (κ3) is 5.02. The highest BCUT2D eigenvalue weighted by atomic mass is 16.7. The average Bonchev–Trinajstić information content (AvgIpc) is 3.35. The number of ether oxygens (including phenoxy) is 4. The van der Waals surface area contributed by atoms with Gasteiger partial charge in [-0.15, -0.1) is 0 Å². The van der Waals surface area contributed by atoms with Crippen molar-refractivity contribution in [2.75, 3.05) is 13.1 Å². The smallest absolute Gasteiger partial charge is 0.457 e. The van der Waals surface area contributed by atoms with E-state index in [9.17, 15) is 19.2 Å². The topological polar surface area (TPSA) is 135 Å². The van der Waals surface area contributed by atoms with Crippen LogP contribution in [-0.4, -0.2) is 46.3 Å². The van der Waals surface area contributed by atoms with Gasteiger partial charge in [-0.1, -0.05) is 13.8 Å². The second kappa shape index (κ2) is 11.0. The molecule has 44 heavy (non-hydrogen) atoms. The molecule has 1 fully saturated rings. The molecule has 3 aliphatic heterocycles. The highest BCUT2D eigenvalue weighted by Crippen LogP contribution is 2.43. The lowest BCUT2D eigenvalue weighted by molar-refractivity contribution is -0.192. The van der Waals surface area contributed by atoms with Gasteiger partial charge in [-0.2, -0.15) is 0 Å². The molecule has 232 valence electrons. The maximum Gasteiger partial charge on any atom is 0.514 e. The fourth-order valence-corrected chi connectivity index (χ4v) is 6.45. The Morgan fingerprint density at radius 2 is 1.86 bits per heavy atom. The highest BCUT2D eigenvalue weighted by molar-refractivity contribution is 5.91. The first kappa shape index (κ1) is 29.8. The molecule has 1 saturated heterocycles. The van der Waals surface area contributed by atoms with Crippen molar-refractivity contribution in [1.29, 1.82) is 0 Å². The summed E-state index contributed by atoms with van der Waals surface area (Å²) in [5.41, 5.74) is 1.63. The molecular formula is C33H37N3O8. The van der Waals surface area contributed by atoms with Gasteiger partial charge in [-0.25, -0.2) is 14.6 Å². The normalized spacial score (nSPS) is 19.5. The number of carbonyl (C=O) groups is 3. The van der Waals surface area contributed by atoms with Crippen molar-refractivity contribution in [1.82, 2.24) is 14.9 Å². The van der Waals surface area contributed by atoms with Crippen molar-refractivity contribution in [2.24, 2.45) is 5.92 Å². The summed E-state index contributed by atoms with van der Waals surface area (Å²) in [4.78, 5) is 57.9. The van der Waals surface area contributed by atoms with Crippen molar-refractivity contribution < 1.29 is 33.3 Å². The van der Waals surface area contributed by atoms with Crippen LogP contribution in [0.3, 0.4) is 0 Å². The molecule has 0 spiro atoms. The Morgan fingerprint density at radius 3 is 2.55 bits per heavy atom. The molecular weight excluding hydrogens is 566 g/mol. The van der Waals surface area contributed by atoms with E-state index in [1.165, 1.54) is 0 Å². The Bertz CT molecular complexity index is 1750. The van der Waals surface area contributed by atoms with Gasteiger partial charge in [0.1, 0.15) is 18.0 Å². The second-order valence-corrected chi connectivity index (χ2v) is 12.5. The van der Waals surface area contributed by atoms with E-state index in [0.717, 1.165) is 16.5 Å². The van der Waals surface area contributed by atoms with Gasteiger partial charge in [0.05, 0.1) is 34.9 Å². The molecule has 0 amide bonds. The number of fused-ring (bicyclic) bond motifs is 5. The van der Waals surface area contributed by atoms with Crippen LogP contribution in [-0.2, 0) is 49.0 Å². The molecule has 1 N–H and O–H groups in total. The van der Waals surface area contributed by atoms with Crippen molar-refractivity contribution in [3.8, 4) is 17.1 Å². The van der Waals surface area contributed by atoms with E-state index in [1.54, 1.807) is 56.5 Å². The summed E-state index contributed by atoms with van der Waals surface area (Å²) in [6.07, 6.45) is 1.18. The van der Waals surface area contributed by atoms with Crippen LogP contribution in [0.15, 0.2) is 29.1 Å². The molecule has 3 aromatic rings. The molecule has 5 heterocycles. The Kier molecular flexibility index (Phi) is 7.47. The number of nitrogens with zero attached hydrogens (tertiary/aromatic N) is 2. The molecule has 2 aromatic heterocycles. The summed E-state index contributed by atoms with van der Waals surface area (Å²) >= 11 is 0. The van der Waals surface area contributed by atoms with Gasteiger partial charge >= 0.3 is 18.1 Å². The van der Waals surface area contributed by atoms with Crippen LogP contribution < -0.4 is 15.6 Å². The minimum Gasteiger partial charge on any atom is -0.457 e. The molecule has 6 rings (SSSR count). The molecule has 1 unspecified atom stereocenters. The number of benzene rings is 1. The second-order valence-electron chi connectivity index (χ2n) is 12.5. The summed E-state index contributed by atoms with van der Waals surface area (Å²) in [6.45, 7) is 10.5. The van der Waals surface area contributed by atoms with E-state index in [-0.39, 0.29) is 31.0 Å². The molecule has 3 aliphatic rings. The Labute approximate surface area is 254 Å². The monoisotopic (exact) mass is 603 g/mol. The van der Waals surface area contributed by atoms with Crippen molar-refractivity contribution in [3.05, 3.63) is 56.9 Å². The van der Waals surface area contributed by atoms with Crippen molar-refractivity contribution in [2.45, 2.75) is 84.7 Å². The van der Waals surface area contributed by atoms with E-state index in [1.807, 2.05) is 6.92 Å². The zero-order valence-corrected chi connectivity index (χ0v) is 25.7. The Hall–Kier alpha value is -4.25. The molecule has 0 saturated carbocycles. The van der Waals surface area contributed by atoms with Gasteiger partial charge in [0.25, 0.3) is 5.56 Å². The number of pyridine rings is 2. The zero-order valence-electron chi connectivity index (χ0n) is 25.7. The number of carbonyl (C=O) groups excluding carboxylic acids is 3. The minimum atomic E-state index is -1.72. The first-order valence-electron chi connectivity index (χ1n) is 15.2. The Morgan fingerprint density at radius 1 is 1.11 bits per heavy atom. The minimum absolute atomic E-state index is 0.122. The largest absolute Gasteiger partial charge is 0.514 e. The van der Waals surface area contributed by atoms with Crippen LogP contribution in [0, 0.1) is 5.92 Å². The number of esters is 2. The molecule has 11 heteroatoms. The number of aromatic nitrogens is 2. The zero-order chi connectivity index (χ0) is 31.4. The summed E-state index contributed by atoms with van der Waals surface area (Å²) < 4.78 is 23.9. The quantitative estimate of drug-likeness (QED) is 0.197. The van der Waals surface area contributed by atoms with E-state index in [2.05, 4.69) is 5.32 Å². The number of aryl methyl sites for hydroxylation is 1. The van der Waals surface area contributed by atoms with Crippen LogP contribution in [0.25, 0.3) is 22.3 Å². The van der Waals surface area contributed by atoms with Gasteiger partial charge in [0.15, 0.2) is 0 Å². The maximum absolute atomic E-state index is 14.0. The van der Waals surface area contributed by atoms with Gasteiger partial charge in [-0.05, 0) is 89.4 Å². The van der Waals surface area contributed by atoms with E-state index in [0.29, 0.717) is 66.1 Å². The SMILES string of the molecule is CCc1c2c(nc3ccc(OC(=O)OC(C)(C)C)cc13)-c1cc3c(c(=O)n1C2)COC(=O)C3(CC)OC(=O)C1CCNCC1. The van der Waals surface area contributed by atoms with E-state index < -0.39 is 29.3 Å². The predicted molar refractivity (Wildman–Crippen MR) is 160 cm³/mol. The fourth-order valence-electron chi connectivity index (χ4n) is 6.45. The summed E-state index contributed by atoms with van der Waals surface area (Å²) in [5.74, 6) is -1.14.